The van der Waals surface area contributed by atoms with E-state index in [9.17, 15) is 18.0 Å². The number of carbonyl (C=O) groups is 1. The van der Waals surface area contributed by atoms with Crippen LogP contribution in [0.15, 0.2) is 33.9 Å². The van der Waals surface area contributed by atoms with Crippen LogP contribution in [0.25, 0.3) is 11.4 Å². The molecule has 1 heterocycles. The first-order valence-corrected chi connectivity index (χ1v) is 6.78. The Morgan fingerprint density at radius 3 is 2.50 bits per heavy atom. The molecule has 0 fully saturated rings. The number of nitrogens with zero attached hydrogens (tertiary/aromatic N) is 3. The van der Waals surface area contributed by atoms with Crippen molar-refractivity contribution < 1.29 is 27.3 Å². The summed E-state index contributed by atoms with van der Waals surface area (Å²) in [7, 11) is 1.32. The van der Waals surface area contributed by atoms with Crippen molar-refractivity contribution >= 4 is 11.7 Å². The highest BCUT2D eigenvalue weighted by Gasteiger charge is 2.38. The molecule has 1 amide bonds. The van der Waals surface area contributed by atoms with Crippen molar-refractivity contribution in [1.82, 2.24) is 15.5 Å². The number of aromatic nitrogens is 2. The summed E-state index contributed by atoms with van der Waals surface area (Å²) in [6.07, 6.45) is -4.45. The second-order valence-corrected chi connectivity index (χ2v) is 4.52. The van der Waals surface area contributed by atoms with Gasteiger partial charge in [-0.15, -0.1) is 0 Å². The molecule has 0 aliphatic rings. The number of nitrogens with one attached hydrogen (secondary N) is 1. The molecule has 7 nitrogen and oxygen atoms in total. The van der Waals surface area contributed by atoms with Gasteiger partial charge in [-0.1, -0.05) is 41.5 Å². The molecule has 10 heteroatoms. The van der Waals surface area contributed by atoms with Gasteiger partial charge in [0, 0.05) is 17.5 Å². The molecule has 2 aromatic rings. The second kappa shape index (κ2) is 7.11. The lowest BCUT2D eigenvalue weighted by atomic mass is 10.1. The highest BCUT2D eigenvalue weighted by Crippen LogP contribution is 2.29. The Kier molecular flexibility index (Phi) is 5.17. The smallest absolute Gasteiger partial charge is 0.397 e. The number of oxime groups is 1. The first-order valence-electron chi connectivity index (χ1n) is 6.78. The van der Waals surface area contributed by atoms with E-state index in [1.807, 2.05) is 0 Å². The summed E-state index contributed by atoms with van der Waals surface area (Å²) in [6.45, 7) is 1.68. The van der Waals surface area contributed by atoms with Crippen molar-refractivity contribution in [3.63, 3.8) is 0 Å². The van der Waals surface area contributed by atoms with Crippen LogP contribution in [-0.4, -0.2) is 29.0 Å². The molecule has 2 rings (SSSR count). The number of hydrogen-bond donors (Lipinski definition) is 1. The second-order valence-electron chi connectivity index (χ2n) is 4.52. The lowest BCUT2D eigenvalue weighted by Gasteiger charge is -2.07. The average molecular weight is 342 g/mol. The topological polar surface area (TPSA) is 89.6 Å². The highest BCUT2D eigenvalue weighted by molar-refractivity contribution is 6.07. The summed E-state index contributed by atoms with van der Waals surface area (Å²) in [5, 5.41) is 9.56. The predicted molar refractivity (Wildman–Crippen MR) is 76.7 cm³/mol. The maximum Gasteiger partial charge on any atom is 0.471 e. The molecule has 0 radical (unpaired) electrons. The molecule has 1 aromatic carbocycles. The van der Waals surface area contributed by atoms with E-state index in [0.29, 0.717) is 11.1 Å². The van der Waals surface area contributed by atoms with Gasteiger partial charge in [-0.25, -0.2) is 0 Å². The van der Waals surface area contributed by atoms with Crippen molar-refractivity contribution in [3.05, 3.63) is 35.7 Å². The normalized spacial score (nSPS) is 12.1. The largest absolute Gasteiger partial charge is 0.471 e. The van der Waals surface area contributed by atoms with E-state index in [1.54, 1.807) is 6.92 Å². The third-order valence-electron chi connectivity index (χ3n) is 2.85. The summed E-state index contributed by atoms with van der Waals surface area (Å²) >= 11 is 0. The van der Waals surface area contributed by atoms with Crippen molar-refractivity contribution in [2.24, 2.45) is 5.16 Å². The van der Waals surface area contributed by atoms with Crippen LogP contribution in [-0.2, 0) is 15.8 Å². The molecule has 0 atom stereocenters. The molecule has 0 aliphatic carbocycles. The Morgan fingerprint density at radius 2 is 2.00 bits per heavy atom. The summed E-state index contributed by atoms with van der Waals surface area (Å²) in [6, 6.07) is 6.02. The number of alkyl halides is 3. The summed E-state index contributed by atoms with van der Waals surface area (Å²) < 4.78 is 41.6. The SMILES string of the molecule is CCC(=O)N/C(=N/OC)c1ccc(-c2noc(C(F)(F)F)n2)cc1. The maximum atomic E-state index is 12.5. The van der Waals surface area contributed by atoms with Crippen LogP contribution >= 0.6 is 0 Å². The zero-order valence-electron chi connectivity index (χ0n) is 12.7. The fraction of sp³-hybridized carbons (Fsp3) is 0.286. The van der Waals surface area contributed by atoms with Crippen LogP contribution in [0.4, 0.5) is 13.2 Å². The molecule has 24 heavy (non-hydrogen) atoms. The van der Waals surface area contributed by atoms with Crippen LogP contribution < -0.4 is 5.32 Å². The minimum Gasteiger partial charge on any atom is -0.397 e. The zero-order chi connectivity index (χ0) is 17.7. The number of halogens is 3. The molecular weight excluding hydrogens is 329 g/mol. The van der Waals surface area contributed by atoms with Gasteiger partial charge in [-0.05, 0) is 0 Å². The highest BCUT2D eigenvalue weighted by atomic mass is 19.4. The number of amides is 1. The summed E-state index contributed by atoms with van der Waals surface area (Å²) in [5.74, 6) is -1.70. The molecule has 1 aromatic heterocycles. The molecule has 0 saturated heterocycles. The van der Waals surface area contributed by atoms with Gasteiger partial charge in [0.1, 0.15) is 7.11 Å². The van der Waals surface area contributed by atoms with Gasteiger partial charge in [-0.2, -0.15) is 18.2 Å². The first kappa shape index (κ1) is 17.4. The van der Waals surface area contributed by atoms with Crippen LogP contribution in [0.5, 0.6) is 0 Å². The lowest BCUT2D eigenvalue weighted by Crippen LogP contribution is -2.30. The fourth-order valence-electron chi connectivity index (χ4n) is 1.69. The van der Waals surface area contributed by atoms with Crippen LogP contribution in [0.3, 0.4) is 0 Å². The first-order chi connectivity index (χ1) is 11.3. The quantitative estimate of drug-likeness (QED) is 0.524. The lowest BCUT2D eigenvalue weighted by molar-refractivity contribution is -0.159. The molecule has 0 spiro atoms. The number of carbonyl (C=O) groups excluding carboxylic acids is 1. The van der Waals surface area contributed by atoms with Crippen molar-refractivity contribution in [1.29, 1.82) is 0 Å². The minimum absolute atomic E-state index is 0.181. The number of benzene rings is 1. The summed E-state index contributed by atoms with van der Waals surface area (Å²) in [5.41, 5.74) is 0.818. The van der Waals surface area contributed by atoms with Crippen molar-refractivity contribution in [3.8, 4) is 11.4 Å². The minimum atomic E-state index is -4.70. The average Bonchev–Trinajstić information content (AvgIpc) is 3.05. The Bertz CT molecular complexity index is 738. The molecule has 128 valence electrons. The number of hydrogen-bond acceptors (Lipinski definition) is 6. The molecule has 0 saturated carbocycles. The Labute approximate surface area is 134 Å². The van der Waals surface area contributed by atoms with Gasteiger partial charge in [0.2, 0.25) is 11.7 Å². The van der Waals surface area contributed by atoms with Crippen LogP contribution in [0.2, 0.25) is 0 Å². The Morgan fingerprint density at radius 1 is 1.33 bits per heavy atom. The van der Waals surface area contributed by atoms with Gasteiger partial charge in [0.05, 0.1) is 0 Å². The molecule has 1 N–H and O–H groups in total. The molecule has 0 bridgehead atoms. The van der Waals surface area contributed by atoms with E-state index in [0.717, 1.165) is 0 Å². The van der Waals surface area contributed by atoms with E-state index < -0.39 is 12.1 Å². The van der Waals surface area contributed by atoms with E-state index in [4.69, 9.17) is 0 Å². The van der Waals surface area contributed by atoms with Gasteiger partial charge >= 0.3 is 12.1 Å². The predicted octanol–water partition coefficient (Wildman–Crippen LogP) is 2.59. The van der Waals surface area contributed by atoms with Gasteiger partial charge < -0.3 is 14.7 Å². The Balaban J connectivity index is 2.24. The standard InChI is InChI=1S/C14H13F3N4O3/c1-3-10(22)18-11(20-23-2)8-4-6-9(7-5-8)12-19-13(24-21-12)14(15,16)17/h4-7H,3H2,1-2H3,(H,18,20,22). The van der Waals surface area contributed by atoms with Crippen molar-refractivity contribution in [2.75, 3.05) is 7.11 Å². The van der Waals surface area contributed by atoms with Crippen molar-refractivity contribution in [2.45, 2.75) is 19.5 Å². The third-order valence-corrected chi connectivity index (χ3v) is 2.85. The van der Waals surface area contributed by atoms with Gasteiger partial charge in [-0.3, -0.25) is 4.79 Å². The maximum absolute atomic E-state index is 12.5. The molecule has 0 aliphatic heterocycles. The van der Waals surface area contributed by atoms with E-state index in [-0.39, 0.29) is 24.0 Å². The van der Waals surface area contributed by atoms with E-state index in [1.165, 1.54) is 31.4 Å². The van der Waals surface area contributed by atoms with E-state index >= 15 is 0 Å². The zero-order valence-corrected chi connectivity index (χ0v) is 12.7. The van der Waals surface area contributed by atoms with E-state index in [2.05, 4.69) is 30.0 Å². The number of amidine groups is 1. The third kappa shape index (κ3) is 4.09. The fourth-order valence-corrected chi connectivity index (χ4v) is 1.69. The van der Waals surface area contributed by atoms with Crippen LogP contribution in [0.1, 0.15) is 24.8 Å². The van der Waals surface area contributed by atoms with Gasteiger partial charge in [0.25, 0.3) is 0 Å². The number of rotatable bonds is 4. The van der Waals surface area contributed by atoms with Crippen LogP contribution in [0, 0.1) is 0 Å². The Hall–Kier alpha value is -2.91. The monoisotopic (exact) mass is 342 g/mol. The summed E-state index contributed by atoms with van der Waals surface area (Å²) in [4.78, 5) is 19.4. The molecule has 0 unspecified atom stereocenters. The van der Waals surface area contributed by atoms with Gasteiger partial charge in [0.15, 0.2) is 5.84 Å². The molecular formula is C14H13F3N4O3.